The molecule has 2 fully saturated rings. The molecule has 0 radical (unpaired) electrons. The Balaban J connectivity index is 1.50. The molecule has 3 nitrogen and oxygen atoms in total. The number of benzene rings is 1. The van der Waals surface area contributed by atoms with E-state index >= 15 is 0 Å². The Morgan fingerprint density at radius 2 is 1.81 bits per heavy atom. The highest BCUT2D eigenvalue weighted by molar-refractivity contribution is 5.39. The normalized spacial score (nSPS) is 32.9. The minimum absolute atomic E-state index is 0.0659. The molecule has 0 spiro atoms. The molecule has 27 heavy (non-hydrogen) atoms. The van der Waals surface area contributed by atoms with Crippen LogP contribution in [0.15, 0.2) is 24.3 Å². The molecule has 0 bridgehead atoms. The van der Waals surface area contributed by atoms with E-state index in [1.165, 1.54) is 44.3 Å². The third-order valence-electron chi connectivity index (χ3n) is 6.53. The van der Waals surface area contributed by atoms with Crippen LogP contribution < -0.4 is 4.74 Å². The summed E-state index contributed by atoms with van der Waals surface area (Å²) in [7, 11) is 0. The van der Waals surface area contributed by atoms with Gasteiger partial charge in [-0.1, -0.05) is 42.9 Å². The van der Waals surface area contributed by atoms with Crippen molar-refractivity contribution in [1.29, 1.82) is 0 Å². The van der Waals surface area contributed by atoms with Crippen molar-refractivity contribution in [1.82, 2.24) is 4.90 Å². The highest BCUT2D eigenvalue weighted by Gasteiger charge is 2.49. The van der Waals surface area contributed by atoms with Gasteiger partial charge in [0, 0.05) is 11.5 Å². The van der Waals surface area contributed by atoms with Gasteiger partial charge in [0.05, 0.1) is 12.6 Å². The summed E-state index contributed by atoms with van der Waals surface area (Å²) in [6.45, 7) is 9.81. The van der Waals surface area contributed by atoms with Crippen molar-refractivity contribution in [2.24, 2.45) is 5.92 Å². The molecule has 3 aliphatic heterocycles. The molecule has 3 heteroatoms. The number of fused-ring (bicyclic) bond motifs is 3. The fraction of sp³-hybridized carbons (Fsp3) is 0.667. The highest BCUT2D eigenvalue weighted by Crippen LogP contribution is 2.52. The summed E-state index contributed by atoms with van der Waals surface area (Å²) in [5, 5.41) is 0. The average molecular weight is 368 g/mol. The average Bonchev–Trinajstić information content (AvgIpc) is 2.90. The maximum Gasteiger partial charge on any atom is 0.126 e. The zero-order valence-corrected chi connectivity index (χ0v) is 17.1. The molecule has 1 aromatic rings. The van der Waals surface area contributed by atoms with Crippen LogP contribution in [0.4, 0.5) is 0 Å². The van der Waals surface area contributed by atoms with E-state index in [-0.39, 0.29) is 17.3 Å². The number of hydrogen-bond donors (Lipinski definition) is 0. The number of rotatable bonds is 1. The molecule has 0 unspecified atom stereocenters. The van der Waals surface area contributed by atoms with Crippen LogP contribution in [0, 0.1) is 17.8 Å². The second-order valence-corrected chi connectivity index (χ2v) is 9.15. The summed E-state index contributed by atoms with van der Waals surface area (Å²) in [6, 6.07) is 8.34. The molecule has 2 saturated heterocycles. The predicted molar refractivity (Wildman–Crippen MR) is 109 cm³/mol. The molecule has 1 aromatic carbocycles. The van der Waals surface area contributed by atoms with E-state index in [0.29, 0.717) is 5.92 Å². The molecule has 0 N–H and O–H groups in total. The van der Waals surface area contributed by atoms with Crippen molar-refractivity contribution in [3.05, 3.63) is 29.8 Å². The molecule has 0 aliphatic carbocycles. The summed E-state index contributed by atoms with van der Waals surface area (Å²) in [5.41, 5.74) is 0.606. The SMILES string of the molecule is CC1(C)Oc2ccccc2[C@H]2O[C@](C)(C#CCN3CCCCCC3)CC[C@H]21. The minimum Gasteiger partial charge on any atom is -0.487 e. The van der Waals surface area contributed by atoms with Gasteiger partial charge in [0.2, 0.25) is 0 Å². The second kappa shape index (κ2) is 7.49. The number of para-hydroxylation sites is 1. The zero-order valence-electron chi connectivity index (χ0n) is 17.1. The predicted octanol–water partition coefficient (Wildman–Crippen LogP) is 4.96. The van der Waals surface area contributed by atoms with Crippen LogP contribution in [-0.4, -0.2) is 35.7 Å². The first-order chi connectivity index (χ1) is 13.0. The Morgan fingerprint density at radius 1 is 1.07 bits per heavy atom. The van der Waals surface area contributed by atoms with Crippen LogP contribution >= 0.6 is 0 Å². The summed E-state index contributed by atoms with van der Waals surface area (Å²) >= 11 is 0. The van der Waals surface area contributed by atoms with Crippen molar-refractivity contribution < 1.29 is 9.47 Å². The molecule has 146 valence electrons. The Hall–Kier alpha value is -1.50. The molecular formula is C24H33NO2. The van der Waals surface area contributed by atoms with Gasteiger partial charge in [-0.15, -0.1) is 0 Å². The Morgan fingerprint density at radius 3 is 2.59 bits per heavy atom. The van der Waals surface area contributed by atoms with E-state index in [1.54, 1.807) is 0 Å². The molecule has 3 aliphatic rings. The van der Waals surface area contributed by atoms with Gasteiger partial charge in [-0.3, -0.25) is 4.90 Å². The van der Waals surface area contributed by atoms with Crippen LogP contribution in [0.5, 0.6) is 5.75 Å². The fourth-order valence-corrected chi connectivity index (χ4v) is 4.89. The Kier molecular flexibility index (Phi) is 5.23. The van der Waals surface area contributed by atoms with Crippen molar-refractivity contribution in [2.45, 2.75) is 76.6 Å². The van der Waals surface area contributed by atoms with Gasteiger partial charge < -0.3 is 9.47 Å². The first kappa shape index (κ1) is 18.8. The molecule has 3 heterocycles. The Bertz CT molecular complexity index is 723. The fourth-order valence-electron chi connectivity index (χ4n) is 4.89. The summed E-state index contributed by atoms with van der Waals surface area (Å²) in [6.07, 6.45) is 7.47. The van der Waals surface area contributed by atoms with Crippen LogP contribution in [0.1, 0.15) is 71.0 Å². The van der Waals surface area contributed by atoms with Gasteiger partial charge in [-0.25, -0.2) is 0 Å². The van der Waals surface area contributed by atoms with Gasteiger partial charge in [-0.05, 0) is 65.6 Å². The van der Waals surface area contributed by atoms with E-state index < -0.39 is 0 Å². The monoisotopic (exact) mass is 367 g/mol. The Labute approximate surface area is 164 Å². The lowest BCUT2D eigenvalue weighted by Gasteiger charge is -2.50. The van der Waals surface area contributed by atoms with Crippen molar-refractivity contribution in [3.8, 4) is 17.6 Å². The smallest absolute Gasteiger partial charge is 0.126 e. The highest BCUT2D eigenvalue weighted by atomic mass is 16.5. The first-order valence-electron chi connectivity index (χ1n) is 10.7. The maximum atomic E-state index is 6.68. The van der Waals surface area contributed by atoms with Crippen LogP contribution in [0.25, 0.3) is 0 Å². The molecule has 0 saturated carbocycles. The molecule has 0 amide bonds. The van der Waals surface area contributed by atoms with Gasteiger partial charge in [-0.2, -0.15) is 0 Å². The van der Waals surface area contributed by atoms with Crippen molar-refractivity contribution in [3.63, 3.8) is 0 Å². The van der Waals surface area contributed by atoms with E-state index in [0.717, 1.165) is 25.1 Å². The van der Waals surface area contributed by atoms with Crippen molar-refractivity contribution in [2.75, 3.05) is 19.6 Å². The molecule has 4 rings (SSSR count). The number of likely N-dealkylation sites (tertiary alicyclic amines) is 1. The summed E-state index contributed by atoms with van der Waals surface area (Å²) in [4.78, 5) is 2.50. The van der Waals surface area contributed by atoms with Gasteiger partial charge in [0.1, 0.15) is 17.0 Å². The summed E-state index contributed by atoms with van der Waals surface area (Å²) in [5.74, 6) is 8.29. The van der Waals surface area contributed by atoms with E-state index in [1.807, 2.05) is 6.07 Å². The second-order valence-electron chi connectivity index (χ2n) is 9.15. The van der Waals surface area contributed by atoms with Gasteiger partial charge in [0.25, 0.3) is 0 Å². The standard InChI is InChI=1S/C24H33NO2/c1-23(2)20-13-15-24(3,14-10-18-25-16-8-4-5-9-17-25)27-22(20)19-11-6-7-12-21(19)26-23/h6-7,11-12,20,22H,4-5,8-9,13,15-18H2,1-3H3/t20-,22-,24-/m1/s1. The molecular weight excluding hydrogens is 334 g/mol. The third-order valence-corrected chi connectivity index (χ3v) is 6.53. The largest absolute Gasteiger partial charge is 0.487 e. The van der Waals surface area contributed by atoms with E-state index in [2.05, 4.69) is 55.7 Å². The first-order valence-corrected chi connectivity index (χ1v) is 10.7. The number of hydrogen-bond acceptors (Lipinski definition) is 3. The number of nitrogens with zero attached hydrogens (tertiary/aromatic N) is 1. The third kappa shape index (κ3) is 4.03. The van der Waals surface area contributed by atoms with Crippen LogP contribution in [0.3, 0.4) is 0 Å². The quantitative estimate of drug-likeness (QED) is 0.655. The number of ether oxygens (including phenoxy) is 2. The lowest BCUT2D eigenvalue weighted by molar-refractivity contribution is -0.169. The zero-order chi connectivity index (χ0) is 18.9. The van der Waals surface area contributed by atoms with Gasteiger partial charge >= 0.3 is 0 Å². The minimum atomic E-state index is -0.368. The molecule has 3 atom stereocenters. The van der Waals surface area contributed by atoms with E-state index in [9.17, 15) is 0 Å². The maximum absolute atomic E-state index is 6.68. The topological polar surface area (TPSA) is 21.7 Å². The van der Waals surface area contributed by atoms with Crippen molar-refractivity contribution >= 4 is 0 Å². The van der Waals surface area contributed by atoms with Gasteiger partial charge in [0.15, 0.2) is 0 Å². The van der Waals surface area contributed by atoms with E-state index in [4.69, 9.17) is 9.47 Å². The lowest BCUT2D eigenvalue weighted by Crippen LogP contribution is -2.50. The molecule has 0 aromatic heterocycles. The van der Waals surface area contributed by atoms with Crippen LogP contribution in [-0.2, 0) is 4.74 Å². The lowest BCUT2D eigenvalue weighted by atomic mass is 9.73. The summed E-state index contributed by atoms with van der Waals surface area (Å²) < 4.78 is 13.0. The van der Waals surface area contributed by atoms with Crippen LogP contribution in [0.2, 0.25) is 0 Å².